The monoisotopic (exact) mass is 534 g/mol. The normalized spacial score (nSPS) is 18.7. The largest absolute Gasteiger partial charge is 0.460 e. The van der Waals surface area contributed by atoms with Gasteiger partial charge < -0.3 is 20.1 Å². The van der Waals surface area contributed by atoms with Crippen LogP contribution in [0.2, 0.25) is 0 Å². The number of nitrogens with one attached hydrogen (secondary N) is 2. The molecular weight excluding hydrogens is 496 g/mol. The van der Waals surface area contributed by atoms with Crippen molar-refractivity contribution in [2.24, 2.45) is 0 Å². The molecule has 2 fully saturated rings. The van der Waals surface area contributed by atoms with Crippen molar-refractivity contribution in [1.29, 1.82) is 0 Å². The fourth-order valence-corrected chi connectivity index (χ4v) is 4.32. The smallest absolute Gasteiger partial charge is 0.329 e. The second-order valence-corrected chi connectivity index (χ2v) is 9.06. The lowest BCUT2D eigenvalue weighted by Gasteiger charge is -2.21. The average Bonchev–Trinajstić information content (AvgIpc) is 3.49. The van der Waals surface area contributed by atoms with Crippen LogP contribution in [0.5, 0.6) is 0 Å². The SMILES string of the molecule is C=CCOC(=O)C1CCC(=O)N1C(=O)NCCCCCCCCNC(=O)N1C(=O)CCC1C(=O)OCC=C. The molecule has 2 aliphatic rings. The Morgan fingerprint density at radius 3 is 1.45 bits per heavy atom. The van der Waals surface area contributed by atoms with E-state index in [0.717, 1.165) is 48.3 Å². The van der Waals surface area contributed by atoms with Gasteiger partial charge >= 0.3 is 24.0 Å². The highest BCUT2D eigenvalue weighted by Crippen LogP contribution is 2.21. The zero-order valence-corrected chi connectivity index (χ0v) is 21.8. The molecule has 0 radical (unpaired) electrons. The maximum Gasteiger partial charge on any atom is 0.329 e. The molecule has 0 aliphatic carbocycles. The molecule has 0 spiro atoms. The Morgan fingerprint density at radius 1 is 0.711 bits per heavy atom. The van der Waals surface area contributed by atoms with Crippen LogP contribution >= 0.6 is 0 Å². The third-order valence-electron chi connectivity index (χ3n) is 6.25. The van der Waals surface area contributed by atoms with E-state index >= 15 is 0 Å². The third kappa shape index (κ3) is 9.00. The van der Waals surface area contributed by atoms with Crippen LogP contribution in [0.25, 0.3) is 0 Å². The first-order valence-corrected chi connectivity index (χ1v) is 13.1. The summed E-state index contributed by atoms with van der Waals surface area (Å²) in [6, 6.07) is -2.97. The van der Waals surface area contributed by atoms with Crippen LogP contribution in [0.4, 0.5) is 9.59 Å². The zero-order chi connectivity index (χ0) is 27.9. The maximum atomic E-state index is 12.4. The van der Waals surface area contributed by atoms with Gasteiger partial charge in [0.05, 0.1) is 0 Å². The Balaban J connectivity index is 1.56. The number of likely N-dealkylation sites (tertiary alicyclic amines) is 2. The molecule has 0 saturated carbocycles. The molecule has 6 amide bonds. The number of ether oxygens (including phenoxy) is 2. The number of imide groups is 2. The van der Waals surface area contributed by atoms with Gasteiger partial charge in [-0.1, -0.05) is 51.0 Å². The van der Waals surface area contributed by atoms with Crippen LogP contribution in [0.3, 0.4) is 0 Å². The van der Waals surface area contributed by atoms with Crippen molar-refractivity contribution >= 4 is 35.8 Å². The minimum absolute atomic E-state index is 0.0246. The molecule has 38 heavy (non-hydrogen) atoms. The van der Waals surface area contributed by atoms with Crippen molar-refractivity contribution < 1.29 is 38.2 Å². The Kier molecular flexibility index (Phi) is 13.0. The molecule has 2 unspecified atom stereocenters. The number of unbranched alkanes of at least 4 members (excludes halogenated alkanes) is 5. The summed E-state index contributed by atoms with van der Waals surface area (Å²) in [5, 5.41) is 5.39. The summed E-state index contributed by atoms with van der Waals surface area (Å²) in [6.45, 7) is 7.75. The van der Waals surface area contributed by atoms with Crippen LogP contribution in [-0.2, 0) is 28.7 Å². The van der Waals surface area contributed by atoms with E-state index in [1.807, 2.05) is 0 Å². The third-order valence-corrected chi connectivity index (χ3v) is 6.25. The van der Waals surface area contributed by atoms with Crippen LogP contribution in [0.15, 0.2) is 25.3 Å². The lowest BCUT2D eigenvalue weighted by atomic mass is 10.1. The number of esters is 2. The number of rotatable bonds is 15. The van der Waals surface area contributed by atoms with E-state index in [1.54, 1.807) is 0 Å². The molecule has 2 N–H and O–H groups in total. The fourth-order valence-electron chi connectivity index (χ4n) is 4.32. The van der Waals surface area contributed by atoms with E-state index in [2.05, 4.69) is 23.8 Å². The molecule has 12 heteroatoms. The minimum Gasteiger partial charge on any atom is -0.460 e. The van der Waals surface area contributed by atoms with Crippen molar-refractivity contribution in [2.45, 2.75) is 76.3 Å². The van der Waals surface area contributed by atoms with Gasteiger partial charge in [-0.05, 0) is 25.7 Å². The fraction of sp³-hybridized carbons (Fsp3) is 0.615. The Hall–Kier alpha value is -3.70. The summed E-state index contributed by atoms with van der Waals surface area (Å²) in [7, 11) is 0. The molecule has 2 atom stereocenters. The molecular formula is C26H38N4O8. The molecule has 0 aromatic rings. The molecule has 2 saturated heterocycles. The molecule has 0 aromatic heterocycles. The summed E-state index contributed by atoms with van der Waals surface area (Å²) in [6.07, 6.45) is 8.60. The lowest BCUT2D eigenvalue weighted by Crippen LogP contribution is -2.48. The first kappa shape index (κ1) is 30.5. The Morgan fingerprint density at radius 2 is 1.08 bits per heavy atom. The molecule has 0 aromatic carbocycles. The highest BCUT2D eigenvalue weighted by Gasteiger charge is 2.42. The van der Waals surface area contributed by atoms with E-state index in [0.29, 0.717) is 13.1 Å². The van der Waals surface area contributed by atoms with Crippen molar-refractivity contribution in [2.75, 3.05) is 26.3 Å². The molecule has 2 aliphatic heterocycles. The first-order valence-electron chi connectivity index (χ1n) is 13.1. The summed E-state index contributed by atoms with van der Waals surface area (Å²) >= 11 is 0. The maximum absolute atomic E-state index is 12.4. The van der Waals surface area contributed by atoms with Gasteiger partial charge in [-0.25, -0.2) is 29.0 Å². The molecule has 2 rings (SSSR count). The quantitative estimate of drug-likeness (QED) is 0.184. The number of hydrogen-bond donors (Lipinski definition) is 2. The van der Waals surface area contributed by atoms with Crippen molar-refractivity contribution in [3.05, 3.63) is 25.3 Å². The van der Waals surface area contributed by atoms with E-state index in [9.17, 15) is 28.8 Å². The van der Waals surface area contributed by atoms with E-state index < -0.39 is 47.9 Å². The second kappa shape index (κ2) is 16.2. The topological polar surface area (TPSA) is 151 Å². The summed E-state index contributed by atoms with van der Waals surface area (Å²) in [5.74, 6) is -2.01. The summed E-state index contributed by atoms with van der Waals surface area (Å²) in [5.41, 5.74) is 0. The summed E-state index contributed by atoms with van der Waals surface area (Å²) in [4.78, 5) is 75.0. The standard InChI is InChI=1S/C26H38N4O8/c1-3-17-37-23(33)19-11-13-21(31)29(19)25(35)27-15-9-7-5-6-8-10-16-28-26(36)30-20(12-14-22(30)32)24(34)38-18-4-2/h3-4,19-20H,1-2,5-18H2,(H,27,35)(H,28,36). The number of urea groups is 2. The van der Waals surface area contributed by atoms with Gasteiger partial charge in [0.15, 0.2) is 0 Å². The van der Waals surface area contributed by atoms with Crippen molar-refractivity contribution in [1.82, 2.24) is 20.4 Å². The zero-order valence-electron chi connectivity index (χ0n) is 21.8. The minimum atomic E-state index is -0.900. The highest BCUT2D eigenvalue weighted by molar-refractivity contribution is 6.02. The van der Waals surface area contributed by atoms with Gasteiger partial charge in [0, 0.05) is 25.9 Å². The number of nitrogens with zero attached hydrogens (tertiary/aromatic N) is 2. The Bertz CT molecular complexity index is 834. The van der Waals surface area contributed by atoms with E-state index in [4.69, 9.17) is 9.47 Å². The highest BCUT2D eigenvalue weighted by atomic mass is 16.5. The molecule has 0 bridgehead atoms. The van der Waals surface area contributed by atoms with Crippen LogP contribution in [0, 0.1) is 0 Å². The lowest BCUT2D eigenvalue weighted by molar-refractivity contribution is -0.149. The van der Waals surface area contributed by atoms with Gasteiger partial charge in [-0.3, -0.25) is 9.59 Å². The molecule has 12 nitrogen and oxygen atoms in total. The predicted octanol–water partition coefficient (Wildman–Crippen LogP) is 2.19. The molecule has 2 heterocycles. The van der Waals surface area contributed by atoms with Crippen LogP contribution in [0.1, 0.15) is 64.2 Å². The average molecular weight is 535 g/mol. The number of carbonyl (C=O) groups is 6. The van der Waals surface area contributed by atoms with Gasteiger partial charge in [-0.15, -0.1) is 0 Å². The van der Waals surface area contributed by atoms with E-state index in [-0.39, 0.29) is 38.9 Å². The molecule has 210 valence electrons. The van der Waals surface area contributed by atoms with Gasteiger partial charge in [0.2, 0.25) is 11.8 Å². The second-order valence-electron chi connectivity index (χ2n) is 9.06. The summed E-state index contributed by atoms with van der Waals surface area (Å²) < 4.78 is 9.96. The predicted molar refractivity (Wildman–Crippen MR) is 137 cm³/mol. The van der Waals surface area contributed by atoms with Crippen LogP contribution in [-0.4, -0.2) is 84.0 Å². The van der Waals surface area contributed by atoms with Gasteiger partial charge in [0.25, 0.3) is 0 Å². The number of hydrogen-bond acceptors (Lipinski definition) is 8. The van der Waals surface area contributed by atoms with Crippen molar-refractivity contribution in [3.63, 3.8) is 0 Å². The number of amides is 6. The van der Waals surface area contributed by atoms with E-state index in [1.165, 1.54) is 12.2 Å². The van der Waals surface area contributed by atoms with Crippen LogP contribution < -0.4 is 10.6 Å². The van der Waals surface area contributed by atoms with Gasteiger partial charge in [0.1, 0.15) is 25.3 Å². The first-order chi connectivity index (χ1) is 18.3. The van der Waals surface area contributed by atoms with Gasteiger partial charge in [-0.2, -0.15) is 0 Å². The van der Waals surface area contributed by atoms with Crippen molar-refractivity contribution in [3.8, 4) is 0 Å². The number of carbonyl (C=O) groups excluding carboxylic acids is 6. The Labute approximate surface area is 222 Å².